The molecule has 2 aromatic carbocycles. The zero-order valence-electron chi connectivity index (χ0n) is 11.1. The maximum atomic E-state index is 6.29. The molecule has 0 heterocycles. The van der Waals surface area contributed by atoms with E-state index < -0.39 is 0 Å². The van der Waals surface area contributed by atoms with Crippen molar-refractivity contribution in [2.45, 2.75) is 12.8 Å². The average Bonchev–Trinajstić information content (AvgIpc) is 2.43. The number of benzene rings is 2. The van der Waals surface area contributed by atoms with Crippen molar-refractivity contribution in [3.8, 4) is 11.1 Å². The Morgan fingerprint density at radius 3 is 2.11 bits per heavy atom. The second-order valence-electron chi connectivity index (χ2n) is 4.52. The first-order chi connectivity index (χ1) is 9.27. The van der Waals surface area contributed by atoms with Crippen molar-refractivity contribution in [2.75, 3.05) is 5.73 Å². The fourth-order valence-electron chi connectivity index (χ4n) is 2.30. The highest BCUT2D eigenvalue weighted by atomic mass is 14.6. The van der Waals surface area contributed by atoms with Crippen molar-refractivity contribution in [1.82, 2.24) is 0 Å². The van der Waals surface area contributed by atoms with Gasteiger partial charge < -0.3 is 5.73 Å². The van der Waals surface area contributed by atoms with Crippen LogP contribution in [-0.4, -0.2) is 0 Å². The molecule has 0 aliphatic heterocycles. The summed E-state index contributed by atoms with van der Waals surface area (Å²) >= 11 is 0. The quantitative estimate of drug-likeness (QED) is 0.617. The van der Waals surface area contributed by atoms with Crippen LogP contribution in [0.3, 0.4) is 0 Å². The lowest BCUT2D eigenvalue weighted by Gasteiger charge is -2.13. The lowest BCUT2D eigenvalue weighted by molar-refractivity contribution is 1.26. The number of nitrogens with two attached hydrogens (primary N) is 1. The highest BCUT2D eigenvalue weighted by molar-refractivity contribution is 5.80. The number of anilines is 1. The van der Waals surface area contributed by atoms with Crippen molar-refractivity contribution < 1.29 is 0 Å². The highest BCUT2D eigenvalue weighted by Gasteiger charge is 2.09. The zero-order chi connectivity index (χ0) is 13.7. The maximum absolute atomic E-state index is 6.29. The van der Waals surface area contributed by atoms with Gasteiger partial charge in [0.1, 0.15) is 0 Å². The number of hydrogen-bond acceptors (Lipinski definition) is 1. The first-order valence-corrected chi connectivity index (χ1v) is 6.45. The number of para-hydroxylation sites is 1. The summed E-state index contributed by atoms with van der Waals surface area (Å²) in [6, 6.07) is 14.5. The van der Waals surface area contributed by atoms with Crippen molar-refractivity contribution >= 4 is 5.69 Å². The van der Waals surface area contributed by atoms with E-state index in [0.29, 0.717) is 0 Å². The fraction of sp³-hybridized carbons (Fsp3) is 0.111. The molecule has 0 aliphatic carbocycles. The molecular weight excluding hydrogens is 230 g/mol. The third-order valence-electron chi connectivity index (χ3n) is 3.23. The van der Waals surface area contributed by atoms with Gasteiger partial charge in [-0.1, -0.05) is 54.6 Å². The normalized spacial score (nSPS) is 10.1. The molecule has 96 valence electrons. The molecule has 2 N–H and O–H groups in total. The van der Waals surface area contributed by atoms with Gasteiger partial charge in [-0.3, -0.25) is 0 Å². The van der Waals surface area contributed by atoms with Gasteiger partial charge in [-0.25, -0.2) is 0 Å². The molecule has 0 atom stereocenters. The number of allylic oxidation sites excluding steroid dienone is 2. The van der Waals surface area contributed by atoms with Crippen LogP contribution in [0, 0.1) is 0 Å². The van der Waals surface area contributed by atoms with Crippen LogP contribution < -0.4 is 5.73 Å². The zero-order valence-corrected chi connectivity index (χ0v) is 11.1. The van der Waals surface area contributed by atoms with Crippen LogP contribution >= 0.6 is 0 Å². The van der Waals surface area contributed by atoms with Crippen molar-refractivity contribution in [3.63, 3.8) is 0 Å². The van der Waals surface area contributed by atoms with Crippen LogP contribution in [0.15, 0.2) is 67.8 Å². The second kappa shape index (κ2) is 6.05. The minimum atomic E-state index is 0.795. The smallest absolute Gasteiger partial charge is 0.0429 e. The summed E-state index contributed by atoms with van der Waals surface area (Å²) in [7, 11) is 0. The summed E-state index contributed by atoms with van der Waals surface area (Å²) in [5, 5.41) is 0. The van der Waals surface area contributed by atoms with Crippen LogP contribution in [0.1, 0.15) is 11.1 Å². The lowest BCUT2D eigenvalue weighted by Crippen LogP contribution is -1.98. The van der Waals surface area contributed by atoms with Crippen LogP contribution in [0.4, 0.5) is 5.69 Å². The van der Waals surface area contributed by atoms with E-state index in [2.05, 4.69) is 43.5 Å². The van der Waals surface area contributed by atoms with Crippen molar-refractivity contribution in [2.24, 2.45) is 0 Å². The summed E-state index contributed by atoms with van der Waals surface area (Å²) in [6.07, 6.45) is 5.44. The van der Waals surface area contributed by atoms with Crippen LogP contribution in [-0.2, 0) is 12.8 Å². The molecule has 0 aliphatic rings. The van der Waals surface area contributed by atoms with Gasteiger partial charge >= 0.3 is 0 Å². The minimum absolute atomic E-state index is 0.795. The average molecular weight is 249 g/mol. The van der Waals surface area contributed by atoms with E-state index in [1.165, 1.54) is 11.1 Å². The van der Waals surface area contributed by atoms with Crippen LogP contribution in [0.2, 0.25) is 0 Å². The van der Waals surface area contributed by atoms with E-state index in [1.54, 1.807) is 0 Å². The molecule has 0 spiro atoms. The molecule has 0 amide bonds. The number of nitrogen functional groups attached to an aromatic ring is 1. The van der Waals surface area contributed by atoms with E-state index in [1.807, 2.05) is 24.3 Å². The summed E-state index contributed by atoms with van der Waals surface area (Å²) in [5.74, 6) is 0. The predicted molar refractivity (Wildman–Crippen MR) is 84.1 cm³/mol. The molecule has 1 heteroatoms. The van der Waals surface area contributed by atoms with E-state index in [4.69, 9.17) is 5.73 Å². The van der Waals surface area contributed by atoms with Gasteiger partial charge in [-0.15, -0.1) is 13.2 Å². The Morgan fingerprint density at radius 1 is 0.789 bits per heavy atom. The number of hydrogen-bond donors (Lipinski definition) is 1. The molecule has 0 radical (unpaired) electrons. The van der Waals surface area contributed by atoms with Crippen molar-refractivity contribution in [3.05, 3.63) is 78.9 Å². The van der Waals surface area contributed by atoms with E-state index >= 15 is 0 Å². The molecule has 0 fully saturated rings. The summed E-state index contributed by atoms with van der Waals surface area (Å²) in [4.78, 5) is 0. The van der Waals surface area contributed by atoms with E-state index in [-0.39, 0.29) is 0 Å². The Kier molecular flexibility index (Phi) is 4.19. The third-order valence-corrected chi connectivity index (χ3v) is 3.23. The van der Waals surface area contributed by atoms with Gasteiger partial charge in [-0.2, -0.15) is 0 Å². The Morgan fingerprint density at radius 2 is 1.37 bits per heavy atom. The SMILES string of the molecule is C=CCc1ccccc1-c1cccc(CC=C)c1N. The molecule has 19 heavy (non-hydrogen) atoms. The van der Waals surface area contributed by atoms with Gasteiger partial charge in [0.05, 0.1) is 0 Å². The molecule has 1 nitrogen and oxygen atoms in total. The Hall–Kier alpha value is -2.28. The first kappa shape index (κ1) is 13.2. The fourth-order valence-corrected chi connectivity index (χ4v) is 2.30. The molecule has 2 rings (SSSR count). The highest BCUT2D eigenvalue weighted by Crippen LogP contribution is 2.31. The predicted octanol–water partition coefficient (Wildman–Crippen LogP) is 4.39. The van der Waals surface area contributed by atoms with E-state index in [0.717, 1.165) is 29.7 Å². The Balaban J connectivity index is 2.55. The molecule has 0 aromatic heterocycles. The Bertz CT molecular complexity index is 596. The molecule has 0 unspecified atom stereocenters. The lowest BCUT2D eigenvalue weighted by atomic mass is 9.94. The molecular formula is C18H19N. The van der Waals surface area contributed by atoms with Crippen LogP contribution in [0.5, 0.6) is 0 Å². The summed E-state index contributed by atoms with van der Waals surface area (Å²) in [6.45, 7) is 7.59. The topological polar surface area (TPSA) is 26.0 Å². The molecule has 0 saturated carbocycles. The van der Waals surface area contributed by atoms with Gasteiger partial charge in [0.15, 0.2) is 0 Å². The molecule has 0 bridgehead atoms. The van der Waals surface area contributed by atoms with Gasteiger partial charge in [-0.05, 0) is 29.5 Å². The number of rotatable bonds is 5. The summed E-state index contributed by atoms with van der Waals surface area (Å²) < 4.78 is 0. The standard InChI is InChI=1S/C18H19N/c1-3-8-14-10-5-6-12-16(14)17-13-7-11-15(9-4-2)18(17)19/h3-7,10-13H,1-2,8-9,19H2. The summed E-state index contributed by atoms with van der Waals surface area (Å²) in [5.41, 5.74) is 11.8. The minimum Gasteiger partial charge on any atom is -0.398 e. The molecule has 0 saturated heterocycles. The second-order valence-corrected chi connectivity index (χ2v) is 4.52. The van der Waals surface area contributed by atoms with Gasteiger partial charge in [0.2, 0.25) is 0 Å². The largest absolute Gasteiger partial charge is 0.398 e. The van der Waals surface area contributed by atoms with Crippen LogP contribution in [0.25, 0.3) is 11.1 Å². The monoisotopic (exact) mass is 249 g/mol. The maximum Gasteiger partial charge on any atom is 0.0429 e. The van der Waals surface area contributed by atoms with Gasteiger partial charge in [0, 0.05) is 11.3 Å². The molecule has 2 aromatic rings. The Labute approximate surface area is 115 Å². The van der Waals surface area contributed by atoms with Gasteiger partial charge in [0.25, 0.3) is 0 Å². The van der Waals surface area contributed by atoms with Crippen molar-refractivity contribution in [1.29, 1.82) is 0 Å². The first-order valence-electron chi connectivity index (χ1n) is 6.45. The van der Waals surface area contributed by atoms with E-state index in [9.17, 15) is 0 Å². The third kappa shape index (κ3) is 2.76.